The van der Waals surface area contributed by atoms with Crippen LogP contribution < -0.4 is 16.9 Å². The summed E-state index contributed by atoms with van der Waals surface area (Å²) in [4.78, 5) is 127. The maximum absolute atomic E-state index is 12.7. The molecule has 9 aromatic heterocycles. The van der Waals surface area contributed by atoms with Gasteiger partial charge < -0.3 is 54.0 Å². The van der Waals surface area contributed by atoms with Gasteiger partial charge in [-0.2, -0.15) is 9.97 Å². The molecule has 45 heteroatoms. The van der Waals surface area contributed by atoms with Crippen molar-refractivity contribution in [2.75, 3.05) is 64.1 Å². The molecule has 3 aliphatic heterocycles. The van der Waals surface area contributed by atoms with Crippen LogP contribution in [0.25, 0.3) is 117 Å². The lowest BCUT2D eigenvalue weighted by molar-refractivity contribution is 0.00578. The summed E-state index contributed by atoms with van der Waals surface area (Å²) in [5.41, 5.74) is 28.4. The summed E-state index contributed by atoms with van der Waals surface area (Å²) in [5, 5.41) is 8.52. The first-order valence-corrected chi connectivity index (χ1v) is 49.5. The number of carboxylic acids is 1. The van der Waals surface area contributed by atoms with E-state index in [1.807, 2.05) is 180 Å². The molecule has 140 heavy (non-hydrogen) atoms. The number of rotatable bonds is 8. The van der Waals surface area contributed by atoms with Crippen LogP contribution in [0.1, 0.15) is 100 Å². The zero-order valence-electron chi connectivity index (χ0n) is 73.7. The normalized spacial score (nSPS) is 13.2. The molecule has 12 heterocycles. The van der Waals surface area contributed by atoms with Crippen LogP contribution >= 0.6 is 140 Å². The Morgan fingerprint density at radius 3 is 1.13 bits per heavy atom. The smallest absolute Gasteiger partial charge is 0.476 e. The molecule has 33 nitrogen and oxygen atoms in total. The molecular weight excluding hydrogens is 2290 g/mol. The Hall–Kier alpha value is -11.8. The number of nitrogen functional groups attached to an aromatic ring is 2. The quantitative estimate of drug-likeness (QED) is 0.0550. The summed E-state index contributed by atoms with van der Waals surface area (Å²) in [5.74, 6) is -1.28. The van der Waals surface area contributed by atoms with Crippen LogP contribution in [0, 0.1) is 0 Å². The number of halogens is 10. The standard InChI is InChI=1S/C20H17N5O3.C13H17BN2O3.C13H12BrN3O2.C10H7BrN2.C9H4BrClN2O.C9H5BrN2O2.C9H5BrN2O.C8H4BrClN2.C3H6.CH4.Cl2OS/c21-20-24-16-10-13(2-4-18(16)28-20)12-1-3-14-15(9-12)23-17(11-22-14)19(26)25-5-7-27-8-6-25;1-12(2)13(3,4)19-14(18-12)8-5-6-10-9(7-8)16-11(15)17-10;14-9-1-2-10-11(7-9)16-12(8-15-10)13(18)17-3-5-19-6-4-17;1-2-8-6-12-9-4-3-7(11)5-10(9)13-8;10-5-1-2-6-7(3-5)13-8(4-12-6)9(11)14;10-5-1-2-6-7(3-5)12-8(4-11-6)9(13)14;10-6-1-2-8-9(3-6)12-7(5-13)4-11-8;9-5-1-2-6-7(3-5)12-8(10)4-11-6;1-3-2;;1-4(2)3/h1-4,9-11H,5-8H2,(H2,21,24);5-7H,1-4H3,(H2,15,16);1-2,7-8H,3-6H2;2-6H,1H2;1-4H;1-4H,(H,13,14);1-5H;1-4H;3H,1H2,2H3;1H4;. The van der Waals surface area contributed by atoms with Crippen molar-refractivity contribution in [2.24, 2.45) is 0 Å². The highest BCUT2D eigenvalue weighted by Gasteiger charge is 2.52. The number of nitrogens with two attached hydrogens (primary N) is 2. The van der Waals surface area contributed by atoms with Crippen LogP contribution in [0.4, 0.5) is 12.0 Å². The van der Waals surface area contributed by atoms with E-state index in [0.717, 1.165) is 98.8 Å². The molecule has 718 valence electrons. The molecule has 21 rings (SSSR count). The molecule has 9 aromatic carbocycles. The zero-order chi connectivity index (χ0) is 99.8. The maximum atomic E-state index is 12.7. The number of allylic oxidation sites excluding steroid dienone is 1. The highest BCUT2D eigenvalue weighted by atomic mass is 79.9. The third-order valence-electron chi connectivity index (χ3n) is 20.1. The summed E-state index contributed by atoms with van der Waals surface area (Å²) < 4.78 is 47.8. The van der Waals surface area contributed by atoms with E-state index in [1.165, 1.54) is 37.2 Å². The van der Waals surface area contributed by atoms with Crippen molar-refractivity contribution in [2.45, 2.75) is 53.2 Å². The van der Waals surface area contributed by atoms with Crippen LogP contribution in [0.3, 0.4) is 0 Å². The van der Waals surface area contributed by atoms with Crippen LogP contribution in [-0.2, 0) is 28.0 Å². The van der Waals surface area contributed by atoms with Crippen LogP contribution in [0.5, 0.6) is 0 Å². The average Bonchev–Trinajstić information content (AvgIpc) is 1.60. The molecule has 0 bridgehead atoms. The number of aldehydes is 1. The lowest BCUT2D eigenvalue weighted by atomic mass is 9.79. The van der Waals surface area contributed by atoms with Crippen molar-refractivity contribution in [3.63, 3.8) is 0 Å². The fraction of sp³-hybridized carbons (Fsp3) is 0.168. The van der Waals surface area contributed by atoms with Gasteiger partial charge in [-0.3, -0.25) is 54.1 Å². The number of benzene rings is 9. The van der Waals surface area contributed by atoms with Crippen molar-refractivity contribution in [3.8, 4) is 11.1 Å². The summed E-state index contributed by atoms with van der Waals surface area (Å²) in [7, 11) is 6.96. The molecular formula is C95H81BBr6Cl4N20O13S. The number of nitrogens with zero attached hydrogens (tertiary/aromatic N) is 18. The molecule has 3 fully saturated rings. The van der Waals surface area contributed by atoms with Crippen molar-refractivity contribution < 1.29 is 60.9 Å². The molecule has 3 aliphatic rings. The van der Waals surface area contributed by atoms with Gasteiger partial charge in [0.25, 0.3) is 29.1 Å². The van der Waals surface area contributed by atoms with Crippen LogP contribution in [0.2, 0.25) is 5.15 Å². The second-order valence-corrected chi connectivity index (χ2v) is 39.0. The van der Waals surface area contributed by atoms with Crippen molar-refractivity contribution in [3.05, 3.63) is 293 Å². The first-order valence-electron chi connectivity index (χ1n) is 41.2. The van der Waals surface area contributed by atoms with Gasteiger partial charge in [0.15, 0.2) is 23.1 Å². The molecule has 0 unspecified atom stereocenters. The van der Waals surface area contributed by atoms with E-state index in [0.29, 0.717) is 131 Å². The van der Waals surface area contributed by atoms with Crippen LogP contribution in [-0.4, -0.2) is 199 Å². The fourth-order valence-electron chi connectivity index (χ4n) is 12.7. The van der Waals surface area contributed by atoms with Crippen molar-refractivity contribution in [1.82, 2.24) is 89.5 Å². The van der Waals surface area contributed by atoms with E-state index in [1.54, 1.807) is 46.3 Å². The number of oxazole rings is 2. The van der Waals surface area contributed by atoms with Gasteiger partial charge in [0.2, 0.25) is 9.23 Å². The van der Waals surface area contributed by atoms with E-state index in [4.69, 9.17) is 71.6 Å². The number of aromatic nitrogens is 16. The van der Waals surface area contributed by atoms with Crippen LogP contribution in [0.15, 0.2) is 262 Å². The maximum Gasteiger partial charge on any atom is 0.494 e. The highest BCUT2D eigenvalue weighted by molar-refractivity contribution is 9.11. The number of morpholine rings is 2. The minimum Gasteiger partial charge on any atom is -0.476 e. The zero-order valence-corrected chi connectivity index (χ0v) is 87.1. The molecule has 3 saturated heterocycles. The number of hydrogen-bond donors (Lipinski definition) is 3. The van der Waals surface area contributed by atoms with Crippen molar-refractivity contribution in [1.29, 1.82) is 0 Å². The Kier molecular flexibility index (Phi) is 39.6. The third-order valence-corrected chi connectivity index (χ3v) is 23.4. The number of aromatic carboxylic acids is 1. The Bertz CT molecular complexity index is 7380. The largest absolute Gasteiger partial charge is 0.494 e. The Labute approximate surface area is 872 Å². The van der Waals surface area contributed by atoms with E-state index in [2.05, 4.69) is 210 Å². The van der Waals surface area contributed by atoms with Gasteiger partial charge in [-0.1, -0.05) is 145 Å². The monoisotopic (exact) mass is 2370 g/mol. The highest BCUT2D eigenvalue weighted by Crippen LogP contribution is 2.37. The van der Waals surface area contributed by atoms with Crippen molar-refractivity contribution >= 4 is 309 Å². The second-order valence-electron chi connectivity index (χ2n) is 30.2. The van der Waals surface area contributed by atoms with Gasteiger partial charge in [-0.15, -0.1) is 6.58 Å². The predicted octanol–water partition coefficient (Wildman–Crippen LogP) is 22.1. The number of carbonyl (C=O) groups excluding carboxylic acids is 4. The first kappa shape index (κ1) is 109. The summed E-state index contributed by atoms with van der Waals surface area (Å²) >= 11 is 31.0. The van der Waals surface area contributed by atoms with Gasteiger partial charge >= 0.3 is 13.1 Å². The SMILES string of the molecule is C.C=CC.C=Cc1cnc2ccc(Br)cc2n1.CC1(C)OB(c2ccc3oc(N)nc3c2)OC1(C)C.Clc1cnc2ccc(Br)cc2n1.Nc1nc2cc(-c3ccc4ncc(C(=O)N5CCOCC5)nc4c3)ccc2o1.O=C(Cl)c1cnc2ccc(Br)cc2n1.O=C(O)c1cnc2ccc(Br)cc2n1.O=C(c1cnc2ccc(Br)cc2n1)N1CCOCC1.O=Cc1cnc2ccc(Br)cc2n1.O=S(Cl)Cl. The van der Waals surface area contributed by atoms with Gasteiger partial charge in [-0.05, 0) is 214 Å². The number of ether oxygens (including phenoxy) is 2. The van der Waals surface area contributed by atoms with E-state index < -0.39 is 27.6 Å². The summed E-state index contributed by atoms with van der Waals surface area (Å²) in [6.45, 7) is 21.6. The Morgan fingerprint density at radius 2 is 0.736 bits per heavy atom. The lowest BCUT2D eigenvalue weighted by Crippen LogP contribution is -2.41. The number of amides is 2. The second kappa shape index (κ2) is 51.1. The molecule has 0 radical (unpaired) electrons. The molecule has 0 spiro atoms. The van der Waals surface area contributed by atoms with Gasteiger partial charge in [-0.25, -0.2) is 43.9 Å². The number of carbonyl (C=O) groups is 5. The minimum atomic E-state index is -1.67. The van der Waals surface area contributed by atoms with E-state index >= 15 is 0 Å². The number of fused-ring (bicyclic) bond motifs is 9. The Morgan fingerprint density at radius 1 is 0.429 bits per heavy atom. The molecule has 2 amide bonds. The first-order chi connectivity index (χ1) is 66.5. The predicted molar refractivity (Wildman–Crippen MR) is 568 cm³/mol. The summed E-state index contributed by atoms with van der Waals surface area (Å²) in [6, 6.07) is 50.9. The molecule has 0 aliphatic carbocycles. The van der Waals surface area contributed by atoms with Gasteiger partial charge in [0.1, 0.15) is 39.0 Å². The molecule has 0 saturated carbocycles. The molecule has 0 atom stereocenters. The van der Waals surface area contributed by atoms with Gasteiger partial charge in [0.05, 0.1) is 164 Å². The number of hydrogen-bond acceptors (Lipinski definition) is 30. The number of anilines is 2. The topological polar surface area (TPSA) is 451 Å². The Balaban J connectivity index is 0.000000154. The third kappa shape index (κ3) is 30.4. The average molecular weight is 2370 g/mol. The van der Waals surface area contributed by atoms with E-state index in [9.17, 15) is 24.0 Å². The van der Waals surface area contributed by atoms with E-state index in [-0.39, 0.29) is 53.9 Å². The fourth-order valence-corrected chi connectivity index (χ4v) is 15.1. The molecule has 18 aromatic rings. The minimum absolute atomic E-state index is 0. The number of carboxylic acid groups (broad SMARTS) is 1. The molecule has 5 N–H and O–H groups in total. The lowest BCUT2D eigenvalue weighted by Gasteiger charge is -2.32. The van der Waals surface area contributed by atoms with Gasteiger partial charge in [0, 0.05) is 74.4 Å². The summed E-state index contributed by atoms with van der Waals surface area (Å²) in [6.07, 6.45) is 14.5.